The maximum absolute atomic E-state index is 11.9. The fourth-order valence-corrected chi connectivity index (χ4v) is 2.30. The summed E-state index contributed by atoms with van der Waals surface area (Å²) in [5.41, 5.74) is 8.60. The Kier molecular flexibility index (Phi) is 5.03. The van der Waals surface area contributed by atoms with E-state index >= 15 is 0 Å². The third-order valence-corrected chi connectivity index (χ3v) is 3.51. The summed E-state index contributed by atoms with van der Waals surface area (Å²) < 4.78 is 10.9. The van der Waals surface area contributed by atoms with Gasteiger partial charge in [0.15, 0.2) is 6.79 Å². The summed E-state index contributed by atoms with van der Waals surface area (Å²) in [5, 5.41) is 0. The monoisotopic (exact) mass is 293 g/mol. The number of carbonyl (C=O) groups excluding carboxylic acids is 1. The maximum Gasteiger partial charge on any atom is 0.236 e. The van der Waals surface area contributed by atoms with Crippen molar-refractivity contribution in [2.75, 3.05) is 39.7 Å². The van der Waals surface area contributed by atoms with Gasteiger partial charge in [0, 0.05) is 37.5 Å². The lowest BCUT2D eigenvalue weighted by molar-refractivity contribution is -0.130. The van der Waals surface area contributed by atoms with Crippen molar-refractivity contribution < 1.29 is 14.3 Å². The van der Waals surface area contributed by atoms with Gasteiger partial charge in [0.2, 0.25) is 5.91 Å². The summed E-state index contributed by atoms with van der Waals surface area (Å²) in [4.78, 5) is 15.5. The van der Waals surface area contributed by atoms with E-state index in [9.17, 15) is 4.79 Å². The highest BCUT2D eigenvalue weighted by atomic mass is 16.7. The summed E-state index contributed by atoms with van der Waals surface area (Å²) in [5.74, 6) is 0.921. The van der Waals surface area contributed by atoms with E-state index < -0.39 is 0 Å². The van der Waals surface area contributed by atoms with E-state index in [0.717, 1.165) is 23.4 Å². The van der Waals surface area contributed by atoms with E-state index in [1.54, 1.807) is 19.0 Å². The SMILES string of the molecule is CCN(CC(=O)N(C)C)Cc1cc(N)cc2c1OCOC2. The standard InChI is InChI=1S/C15H23N3O3/c1-4-18(8-14(19)17(2)3)7-11-5-13(16)6-12-9-20-10-21-15(11)12/h5-6H,4,7-10,16H2,1-3H3. The average molecular weight is 293 g/mol. The van der Waals surface area contributed by atoms with Crippen LogP contribution in [0.5, 0.6) is 5.75 Å². The molecule has 21 heavy (non-hydrogen) atoms. The Morgan fingerprint density at radius 3 is 2.81 bits per heavy atom. The molecule has 0 spiro atoms. The molecule has 1 aliphatic rings. The van der Waals surface area contributed by atoms with E-state index in [1.165, 1.54) is 0 Å². The first-order valence-corrected chi connectivity index (χ1v) is 7.05. The number of nitrogens with zero attached hydrogens (tertiary/aromatic N) is 2. The summed E-state index contributed by atoms with van der Waals surface area (Å²) in [6.07, 6.45) is 0. The number of amides is 1. The highest BCUT2D eigenvalue weighted by Gasteiger charge is 2.19. The molecule has 0 radical (unpaired) electrons. The molecule has 2 N–H and O–H groups in total. The molecule has 2 rings (SSSR count). The molecule has 1 aromatic carbocycles. The molecule has 0 fully saturated rings. The van der Waals surface area contributed by atoms with E-state index in [1.807, 2.05) is 19.1 Å². The lowest BCUT2D eigenvalue weighted by Crippen LogP contribution is -2.36. The van der Waals surface area contributed by atoms with Crippen LogP contribution in [0.25, 0.3) is 0 Å². The number of carbonyl (C=O) groups is 1. The quantitative estimate of drug-likeness (QED) is 0.822. The smallest absolute Gasteiger partial charge is 0.236 e. The molecule has 0 atom stereocenters. The normalized spacial score (nSPS) is 13.7. The van der Waals surface area contributed by atoms with Crippen LogP contribution in [-0.4, -0.2) is 49.7 Å². The zero-order chi connectivity index (χ0) is 15.4. The number of ether oxygens (including phenoxy) is 2. The second-order valence-electron chi connectivity index (χ2n) is 5.37. The summed E-state index contributed by atoms with van der Waals surface area (Å²) in [7, 11) is 3.53. The second-order valence-corrected chi connectivity index (χ2v) is 5.37. The van der Waals surface area contributed by atoms with Gasteiger partial charge in [0.1, 0.15) is 5.75 Å². The molecule has 0 aromatic heterocycles. The Morgan fingerprint density at radius 1 is 1.38 bits per heavy atom. The van der Waals surface area contributed by atoms with Gasteiger partial charge in [0.25, 0.3) is 0 Å². The fourth-order valence-electron chi connectivity index (χ4n) is 2.30. The molecule has 0 aliphatic carbocycles. The Morgan fingerprint density at radius 2 is 2.14 bits per heavy atom. The number of anilines is 1. The minimum atomic E-state index is 0.0823. The average Bonchev–Trinajstić information content (AvgIpc) is 2.46. The highest BCUT2D eigenvalue weighted by molar-refractivity contribution is 5.77. The predicted molar refractivity (Wildman–Crippen MR) is 80.8 cm³/mol. The molecule has 116 valence electrons. The van der Waals surface area contributed by atoms with Gasteiger partial charge in [-0.15, -0.1) is 0 Å². The summed E-state index contributed by atoms with van der Waals surface area (Å²) in [6.45, 7) is 4.58. The number of hydrogen-bond donors (Lipinski definition) is 1. The number of nitrogens with two attached hydrogens (primary N) is 1. The van der Waals surface area contributed by atoms with Crippen LogP contribution < -0.4 is 10.5 Å². The zero-order valence-corrected chi connectivity index (χ0v) is 12.9. The lowest BCUT2D eigenvalue weighted by Gasteiger charge is -2.26. The molecule has 6 nitrogen and oxygen atoms in total. The van der Waals surface area contributed by atoms with Gasteiger partial charge < -0.3 is 20.1 Å². The number of likely N-dealkylation sites (N-methyl/N-ethyl adjacent to an activating group) is 2. The molecule has 0 saturated heterocycles. The van der Waals surface area contributed by atoms with Crippen LogP contribution in [0.2, 0.25) is 0 Å². The molecular formula is C15H23N3O3. The van der Waals surface area contributed by atoms with Crippen molar-refractivity contribution in [1.29, 1.82) is 0 Å². The first kappa shape index (κ1) is 15.6. The number of rotatable bonds is 5. The molecule has 0 bridgehead atoms. The number of benzene rings is 1. The third kappa shape index (κ3) is 3.86. The molecule has 1 aliphatic heterocycles. The van der Waals surface area contributed by atoms with Gasteiger partial charge >= 0.3 is 0 Å². The van der Waals surface area contributed by atoms with Crippen LogP contribution in [-0.2, 0) is 22.7 Å². The van der Waals surface area contributed by atoms with Gasteiger partial charge in [-0.25, -0.2) is 0 Å². The minimum absolute atomic E-state index is 0.0823. The van der Waals surface area contributed by atoms with Crippen molar-refractivity contribution in [2.24, 2.45) is 0 Å². The molecule has 0 saturated carbocycles. The summed E-state index contributed by atoms with van der Waals surface area (Å²) in [6, 6.07) is 3.78. The van der Waals surface area contributed by atoms with Crippen LogP contribution >= 0.6 is 0 Å². The van der Waals surface area contributed by atoms with E-state index in [2.05, 4.69) is 4.90 Å². The van der Waals surface area contributed by atoms with Crippen LogP contribution in [0.4, 0.5) is 5.69 Å². The Balaban J connectivity index is 2.17. The number of nitrogen functional groups attached to an aromatic ring is 1. The first-order valence-electron chi connectivity index (χ1n) is 7.05. The largest absolute Gasteiger partial charge is 0.467 e. The van der Waals surface area contributed by atoms with Crippen molar-refractivity contribution >= 4 is 11.6 Å². The van der Waals surface area contributed by atoms with Crippen molar-refractivity contribution in [3.63, 3.8) is 0 Å². The van der Waals surface area contributed by atoms with Crippen LogP contribution in [0.15, 0.2) is 12.1 Å². The van der Waals surface area contributed by atoms with Gasteiger partial charge in [-0.2, -0.15) is 0 Å². The highest BCUT2D eigenvalue weighted by Crippen LogP contribution is 2.31. The number of hydrogen-bond acceptors (Lipinski definition) is 5. The third-order valence-electron chi connectivity index (χ3n) is 3.51. The fraction of sp³-hybridized carbons (Fsp3) is 0.533. The number of fused-ring (bicyclic) bond motifs is 1. The second kappa shape index (κ2) is 6.78. The van der Waals surface area contributed by atoms with Crippen LogP contribution in [0.3, 0.4) is 0 Å². The maximum atomic E-state index is 11.9. The Labute approximate surface area is 125 Å². The zero-order valence-electron chi connectivity index (χ0n) is 12.9. The molecule has 6 heteroatoms. The van der Waals surface area contributed by atoms with Gasteiger partial charge in [-0.05, 0) is 18.7 Å². The lowest BCUT2D eigenvalue weighted by atomic mass is 10.1. The topological polar surface area (TPSA) is 68.0 Å². The molecule has 0 unspecified atom stereocenters. The first-order chi connectivity index (χ1) is 10.0. The van der Waals surface area contributed by atoms with Crippen molar-refractivity contribution in [2.45, 2.75) is 20.1 Å². The van der Waals surface area contributed by atoms with Crippen molar-refractivity contribution in [1.82, 2.24) is 9.80 Å². The Hall–Kier alpha value is -1.79. The van der Waals surface area contributed by atoms with Crippen molar-refractivity contribution in [3.05, 3.63) is 23.3 Å². The van der Waals surface area contributed by atoms with Crippen LogP contribution in [0.1, 0.15) is 18.1 Å². The van der Waals surface area contributed by atoms with E-state index in [4.69, 9.17) is 15.2 Å². The van der Waals surface area contributed by atoms with E-state index in [0.29, 0.717) is 25.4 Å². The van der Waals surface area contributed by atoms with Gasteiger partial charge in [0.05, 0.1) is 13.2 Å². The molecule has 1 amide bonds. The predicted octanol–water partition coefficient (Wildman–Crippen LogP) is 1.05. The van der Waals surface area contributed by atoms with E-state index in [-0.39, 0.29) is 12.7 Å². The minimum Gasteiger partial charge on any atom is -0.467 e. The Bertz CT molecular complexity index is 517. The van der Waals surface area contributed by atoms with Gasteiger partial charge in [-0.3, -0.25) is 9.69 Å². The van der Waals surface area contributed by atoms with Gasteiger partial charge in [-0.1, -0.05) is 6.92 Å². The molecule has 1 heterocycles. The van der Waals surface area contributed by atoms with Crippen LogP contribution in [0, 0.1) is 0 Å². The molecular weight excluding hydrogens is 270 g/mol. The summed E-state index contributed by atoms with van der Waals surface area (Å²) >= 11 is 0. The van der Waals surface area contributed by atoms with Crippen molar-refractivity contribution in [3.8, 4) is 5.75 Å². The molecule has 1 aromatic rings.